The fourth-order valence-electron chi connectivity index (χ4n) is 2.55. The van der Waals surface area contributed by atoms with E-state index in [1.165, 1.54) is 5.56 Å². The van der Waals surface area contributed by atoms with E-state index in [4.69, 9.17) is 10.5 Å². The van der Waals surface area contributed by atoms with E-state index < -0.39 is 0 Å². The second-order valence-electron chi connectivity index (χ2n) is 5.83. The van der Waals surface area contributed by atoms with Gasteiger partial charge in [0.2, 0.25) is 0 Å². The van der Waals surface area contributed by atoms with Gasteiger partial charge in [0.15, 0.2) is 5.96 Å². The van der Waals surface area contributed by atoms with Crippen molar-refractivity contribution >= 4 is 11.6 Å². The number of rotatable bonds is 6. The summed E-state index contributed by atoms with van der Waals surface area (Å²) in [5, 5.41) is 7.65. The predicted molar refractivity (Wildman–Crippen MR) is 105 cm³/mol. The number of nitrogens with one attached hydrogen (secondary N) is 1. The highest BCUT2D eigenvalue weighted by Gasteiger charge is 2.02. The van der Waals surface area contributed by atoms with E-state index in [2.05, 4.69) is 34.5 Å². The van der Waals surface area contributed by atoms with E-state index in [0.717, 1.165) is 29.2 Å². The van der Waals surface area contributed by atoms with Gasteiger partial charge in [0.05, 0.1) is 25.0 Å². The minimum Gasteiger partial charge on any atom is -0.497 e. The van der Waals surface area contributed by atoms with Crippen LogP contribution in [0.2, 0.25) is 0 Å². The lowest BCUT2D eigenvalue weighted by Crippen LogP contribution is -2.22. The highest BCUT2D eigenvalue weighted by molar-refractivity contribution is 5.92. The number of benzene rings is 2. The zero-order valence-corrected chi connectivity index (χ0v) is 15.0. The molecule has 0 bridgehead atoms. The number of aliphatic imine (C=N–C) groups is 1. The Labute approximate surface area is 153 Å². The Morgan fingerprint density at radius 3 is 2.73 bits per heavy atom. The summed E-state index contributed by atoms with van der Waals surface area (Å²) < 4.78 is 6.97. The lowest BCUT2D eigenvalue weighted by atomic mass is 10.1. The van der Waals surface area contributed by atoms with Crippen LogP contribution in [-0.2, 0) is 13.0 Å². The van der Waals surface area contributed by atoms with Gasteiger partial charge in [-0.3, -0.25) is 0 Å². The molecule has 0 aliphatic rings. The SMILES string of the molecule is CCc1cccc(NC(N)=NCc2ccn(-c3ccc(OC)cc3)n2)c1. The van der Waals surface area contributed by atoms with Gasteiger partial charge in [0, 0.05) is 11.9 Å². The van der Waals surface area contributed by atoms with Crippen LogP contribution >= 0.6 is 0 Å². The molecule has 134 valence electrons. The smallest absolute Gasteiger partial charge is 0.193 e. The molecule has 0 amide bonds. The topological polar surface area (TPSA) is 77.5 Å². The molecule has 0 saturated carbocycles. The molecular formula is C20H23N5O. The van der Waals surface area contributed by atoms with Gasteiger partial charge in [-0.15, -0.1) is 0 Å². The lowest BCUT2D eigenvalue weighted by molar-refractivity contribution is 0.414. The van der Waals surface area contributed by atoms with E-state index in [9.17, 15) is 0 Å². The molecule has 0 aliphatic carbocycles. The third-order valence-corrected chi connectivity index (χ3v) is 4.00. The van der Waals surface area contributed by atoms with Gasteiger partial charge >= 0.3 is 0 Å². The average molecular weight is 349 g/mol. The summed E-state index contributed by atoms with van der Waals surface area (Å²) in [5.74, 6) is 1.19. The number of hydrogen-bond acceptors (Lipinski definition) is 3. The van der Waals surface area contributed by atoms with Crippen LogP contribution in [0.5, 0.6) is 5.75 Å². The molecule has 6 heteroatoms. The molecule has 3 N–H and O–H groups in total. The van der Waals surface area contributed by atoms with Gasteiger partial charge < -0.3 is 15.8 Å². The molecule has 0 aliphatic heterocycles. The van der Waals surface area contributed by atoms with Crippen molar-refractivity contribution in [3.8, 4) is 11.4 Å². The highest BCUT2D eigenvalue weighted by Crippen LogP contribution is 2.15. The monoisotopic (exact) mass is 349 g/mol. The minimum atomic E-state index is 0.372. The molecule has 26 heavy (non-hydrogen) atoms. The van der Waals surface area contributed by atoms with Crippen LogP contribution in [0.15, 0.2) is 65.8 Å². The molecule has 3 rings (SSSR count). The van der Waals surface area contributed by atoms with Crippen molar-refractivity contribution in [2.24, 2.45) is 10.7 Å². The molecule has 0 atom stereocenters. The van der Waals surface area contributed by atoms with E-state index in [1.807, 2.05) is 48.7 Å². The summed E-state index contributed by atoms with van der Waals surface area (Å²) in [5.41, 5.74) is 9.98. The predicted octanol–water partition coefficient (Wildman–Crippen LogP) is 3.37. The van der Waals surface area contributed by atoms with Crippen LogP contribution < -0.4 is 15.8 Å². The largest absolute Gasteiger partial charge is 0.497 e. The summed E-state index contributed by atoms with van der Waals surface area (Å²) in [7, 11) is 1.65. The molecule has 0 radical (unpaired) electrons. The lowest BCUT2D eigenvalue weighted by Gasteiger charge is -2.06. The summed E-state index contributed by atoms with van der Waals surface area (Å²) >= 11 is 0. The summed E-state index contributed by atoms with van der Waals surface area (Å²) in [4.78, 5) is 4.37. The van der Waals surface area contributed by atoms with Crippen molar-refractivity contribution in [1.29, 1.82) is 0 Å². The number of aromatic nitrogens is 2. The molecule has 0 saturated heterocycles. The number of nitrogens with zero attached hydrogens (tertiary/aromatic N) is 3. The van der Waals surface area contributed by atoms with Crippen LogP contribution in [0.25, 0.3) is 5.69 Å². The van der Waals surface area contributed by atoms with Crippen molar-refractivity contribution in [2.45, 2.75) is 19.9 Å². The average Bonchev–Trinajstić information content (AvgIpc) is 3.15. The highest BCUT2D eigenvalue weighted by atomic mass is 16.5. The molecule has 0 fully saturated rings. The maximum absolute atomic E-state index is 5.99. The van der Waals surface area contributed by atoms with Crippen LogP contribution in [0.3, 0.4) is 0 Å². The summed E-state index contributed by atoms with van der Waals surface area (Å²) in [6.45, 7) is 2.53. The Balaban J connectivity index is 1.63. The Kier molecular flexibility index (Phi) is 5.53. The molecule has 1 aromatic heterocycles. The number of guanidine groups is 1. The number of nitrogens with two attached hydrogens (primary N) is 1. The summed E-state index contributed by atoms with van der Waals surface area (Å²) in [6, 6.07) is 17.8. The second kappa shape index (κ2) is 8.20. The minimum absolute atomic E-state index is 0.372. The Morgan fingerprint density at radius 1 is 1.19 bits per heavy atom. The van der Waals surface area contributed by atoms with Crippen molar-refractivity contribution in [2.75, 3.05) is 12.4 Å². The normalized spacial score (nSPS) is 11.4. The molecule has 2 aromatic carbocycles. The van der Waals surface area contributed by atoms with E-state index in [1.54, 1.807) is 11.8 Å². The fraction of sp³-hybridized carbons (Fsp3) is 0.200. The Bertz CT molecular complexity index is 883. The van der Waals surface area contributed by atoms with Gasteiger partial charge in [-0.2, -0.15) is 5.10 Å². The van der Waals surface area contributed by atoms with Gasteiger partial charge in [0.25, 0.3) is 0 Å². The first-order chi connectivity index (χ1) is 12.7. The van der Waals surface area contributed by atoms with Crippen molar-refractivity contribution in [3.63, 3.8) is 0 Å². The zero-order valence-electron chi connectivity index (χ0n) is 15.0. The van der Waals surface area contributed by atoms with Gasteiger partial charge in [-0.25, -0.2) is 9.67 Å². The van der Waals surface area contributed by atoms with Crippen LogP contribution in [-0.4, -0.2) is 22.8 Å². The maximum atomic E-state index is 5.99. The first kappa shape index (κ1) is 17.5. The van der Waals surface area contributed by atoms with Gasteiger partial charge in [-0.1, -0.05) is 19.1 Å². The number of ether oxygens (including phenoxy) is 1. The van der Waals surface area contributed by atoms with Crippen molar-refractivity contribution in [3.05, 3.63) is 72.1 Å². The number of aryl methyl sites for hydroxylation is 1. The first-order valence-electron chi connectivity index (χ1n) is 8.53. The molecular weight excluding hydrogens is 326 g/mol. The Hall–Kier alpha value is -3.28. The van der Waals surface area contributed by atoms with Crippen LogP contribution in [0.4, 0.5) is 5.69 Å². The Morgan fingerprint density at radius 2 is 2.00 bits per heavy atom. The first-order valence-corrected chi connectivity index (χ1v) is 8.53. The van der Waals surface area contributed by atoms with E-state index in [-0.39, 0.29) is 0 Å². The third-order valence-electron chi connectivity index (χ3n) is 4.00. The molecule has 6 nitrogen and oxygen atoms in total. The number of anilines is 1. The van der Waals surface area contributed by atoms with Gasteiger partial charge in [0.1, 0.15) is 5.75 Å². The van der Waals surface area contributed by atoms with E-state index in [0.29, 0.717) is 12.5 Å². The molecule has 3 aromatic rings. The molecule has 1 heterocycles. The molecule has 0 unspecified atom stereocenters. The van der Waals surface area contributed by atoms with Crippen LogP contribution in [0.1, 0.15) is 18.2 Å². The van der Waals surface area contributed by atoms with Gasteiger partial charge in [-0.05, 0) is 54.4 Å². The second-order valence-corrected chi connectivity index (χ2v) is 5.83. The number of methoxy groups -OCH3 is 1. The van der Waals surface area contributed by atoms with E-state index >= 15 is 0 Å². The standard InChI is InChI=1S/C20H23N5O/c1-3-15-5-4-6-16(13-15)23-20(21)22-14-17-11-12-25(24-17)18-7-9-19(26-2)10-8-18/h4-13H,3,14H2,1-2H3,(H3,21,22,23). The summed E-state index contributed by atoms with van der Waals surface area (Å²) in [6.07, 6.45) is 2.89. The van der Waals surface area contributed by atoms with Crippen molar-refractivity contribution in [1.82, 2.24) is 9.78 Å². The fourth-order valence-corrected chi connectivity index (χ4v) is 2.55. The van der Waals surface area contributed by atoms with Crippen molar-refractivity contribution < 1.29 is 4.74 Å². The third kappa shape index (κ3) is 4.42. The quantitative estimate of drug-likeness (QED) is 0.528. The molecule has 0 spiro atoms. The zero-order chi connectivity index (χ0) is 18.4. The van der Waals surface area contributed by atoms with Crippen LogP contribution in [0, 0.1) is 0 Å². The maximum Gasteiger partial charge on any atom is 0.193 e. The number of hydrogen-bond donors (Lipinski definition) is 2.